The fourth-order valence-corrected chi connectivity index (χ4v) is 4.64. The highest BCUT2D eigenvalue weighted by atomic mass is 35.5. The summed E-state index contributed by atoms with van der Waals surface area (Å²) in [6.45, 7) is 4.69. The first-order chi connectivity index (χ1) is 16.7. The molecule has 1 N–H and O–H groups in total. The van der Waals surface area contributed by atoms with Gasteiger partial charge in [0, 0.05) is 29.2 Å². The lowest BCUT2D eigenvalue weighted by Crippen LogP contribution is -2.38. The number of aliphatic hydroxyl groups is 1. The van der Waals surface area contributed by atoms with E-state index < -0.39 is 11.2 Å². The Hall–Kier alpha value is -3.07. The van der Waals surface area contributed by atoms with E-state index in [0.29, 0.717) is 44.6 Å². The highest BCUT2D eigenvalue weighted by Gasteiger charge is 2.23. The molecular weight excluding hydrogens is 491 g/mol. The number of fused-ring (bicyclic) bond motifs is 1. The van der Waals surface area contributed by atoms with Gasteiger partial charge in [-0.3, -0.25) is 18.6 Å². The van der Waals surface area contributed by atoms with Gasteiger partial charge in [-0.15, -0.1) is 0 Å². The van der Waals surface area contributed by atoms with E-state index in [4.69, 9.17) is 38.1 Å². The predicted molar refractivity (Wildman–Crippen MR) is 138 cm³/mol. The van der Waals surface area contributed by atoms with Crippen LogP contribution < -0.4 is 16.0 Å². The molecule has 0 spiro atoms. The molecule has 0 bridgehead atoms. The van der Waals surface area contributed by atoms with Crippen LogP contribution in [0.3, 0.4) is 0 Å². The van der Waals surface area contributed by atoms with Crippen LogP contribution in [0.25, 0.3) is 22.3 Å². The fraction of sp³-hybridized carbons (Fsp3) is 0.320. The lowest BCUT2D eigenvalue weighted by Gasteiger charge is -2.11. The Morgan fingerprint density at radius 1 is 1.09 bits per heavy atom. The Morgan fingerprint density at radius 2 is 1.80 bits per heavy atom. The Morgan fingerprint density at radius 3 is 2.46 bits per heavy atom. The van der Waals surface area contributed by atoms with E-state index in [0.717, 1.165) is 10.1 Å². The Labute approximate surface area is 211 Å². The smallest absolute Gasteiger partial charge is 0.332 e. The zero-order valence-electron chi connectivity index (χ0n) is 19.7. The van der Waals surface area contributed by atoms with Crippen LogP contribution >= 0.6 is 23.2 Å². The third kappa shape index (κ3) is 5.15. The average Bonchev–Trinajstić information content (AvgIpc) is 3.17. The van der Waals surface area contributed by atoms with E-state index >= 15 is 0 Å². The van der Waals surface area contributed by atoms with Crippen LogP contribution in [0.1, 0.15) is 19.4 Å². The molecule has 0 saturated carbocycles. The molecule has 2 aromatic carbocycles. The quantitative estimate of drug-likeness (QED) is 0.382. The van der Waals surface area contributed by atoms with E-state index in [2.05, 4.69) is 0 Å². The first-order valence-corrected chi connectivity index (χ1v) is 11.9. The van der Waals surface area contributed by atoms with Crippen LogP contribution in [0.2, 0.25) is 10.0 Å². The summed E-state index contributed by atoms with van der Waals surface area (Å²) in [4.78, 5) is 26.4. The van der Waals surface area contributed by atoms with Crippen molar-refractivity contribution < 1.29 is 9.84 Å². The molecule has 2 heterocycles. The first kappa shape index (κ1) is 25.0. The van der Waals surface area contributed by atoms with Gasteiger partial charge in [-0.1, -0.05) is 49.2 Å². The maximum atomic E-state index is 13.4. The van der Waals surface area contributed by atoms with Crippen molar-refractivity contribution in [2.75, 3.05) is 13.2 Å². The lowest BCUT2D eigenvalue weighted by molar-refractivity contribution is 0.201. The summed E-state index contributed by atoms with van der Waals surface area (Å²) < 4.78 is 9.94. The van der Waals surface area contributed by atoms with E-state index in [1.807, 2.05) is 19.9 Å². The van der Waals surface area contributed by atoms with Crippen molar-refractivity contribution in [1.29, 1.82) is 0 Å². The summed E-state index contributed by atoms with van der Waals surface area (Å²) in [5, 5.41) is 15.2. The molecule has 0 atom stereocenters. The third-order valence-corrected chi connectivity index (χ3v) is 5.93. The van der Waals surface area contributed by atoms with E-state index in [1.165, 1.54) is 7.05 Å². The topological polar surface area (TPSA) is 91.3 Å². The van der Waals surface area contributed by atoms with Gasteiger partial charge in [0.15, 0.2) is 5.65 Å². The van der Waals surface area contributed by atoms with Gasteiger partial charge in [-0.05, 0) is 41.8 Å². The molecule has 0 aliphatic rings. The number of nitrogens with zero attached hydrogens (tertiary/aromatic N) is 4. The number of aliphatic hydroxyl groups excluding tert-OH is 1. The number of halogens is 2. The van der Waals surface area contributed by atoms with Crippen molar-refractivity contribution in [3.05, 3.63) is 78.9 Å². The van der Waals surface area contributed by atoms with Gasteiger partial charge < -0.3 is 9.84 Å². The molecule has 0 fully saturated rings. The first-order valence-electron chi connectivity index (χ1n) is 11.2. The molecule has 8 nitrogen and oxygen atoms in total. The van der Waals surface area contributed by atoms with Gasteiger partial charge in [0.05, 0.1) is 18.8 Å². The van der Waals surface area contributed by atoms with E-state index in [9.17, 15) is 9.59 Å². The monoisotopic (exact) mass is 516 g/mol. The number of hydrogen-bond donors (Lipinski definition) is 1. The molecule has 184 valence electrons. The maximum absolute atomic E-state index is 13.4. The molecule has 0 radical (unpaired) electrons. The van der Waals surface area contributed by atoms with Crippen molar-refractivity contribution in [3.63, 3.8) is 0 Å². The molecule has 4 aromatic rings. The summed E-state index contributed by atoms with van der Waals surface area (Å²) in [5.74, 6) is 0.694. The van der Waals surface area contributed by atoms with Crippen LogP contribution in [0, 0.1) is 5.92 Å². The third-order valence-electron chi connectivity index (χ3n) is 5.50. The van der Waals surface area contributed by atoms with Crippen LogP contribution in [0.4, 0.5) is 0 Å². The van der Waals surface area contributed by atoms with Crippen molar-refractivity contribution in [3.8, 4) is 17.0 Å². The number of aromatic nitrogens is 4. The Kier molecular flexibility index (Phi) is 7.35. The molecule has 0 aliphatic carbocycles. The maximum Gasteiger partial charge on any atom is 0.332 e. The fourth-order valence-electron chi connectivity index (χ4n) is 4.07. The van der Waals surface area contributed by atoms with Crippen LogP contribution in [-0.2, 0) is 20.1 Å². The molecular formula is C25H26Cl2N4O4. The van der Waals surface area contributed by atoms with E-state index in [-0.39, 0.29) is 25.7 Å². The van der Waals surface area contributed by atoms with Gasteiger partial charge in [0.25, 0.3) is 5.56 Å². The average molecular weight is 517 g/mol. The summed E-state index contributed by atoms with van der Waals surface area (Å²) >= 11 is 12.4. The van der Waals surface area contributed by atoms with Gasteiger partial charge in [0.1, 0.15) is 17.7 Å². The second-order valence-electron chi connectivity index (χ2n) is 8.73. The van der Waals surface area contributed by atoms with Crippen molar-refractivity contribution in [1.82, 2.24) is 18.9 Å². The van der Waals surface area contributed by atoms with Crippen LogP contribution in [0.5, 0.6) is 5.75 Å². The second-order valence-corrected chi connectivity index (χ2v) is 9.61. The van der Waals surface area contributed by atoms with Crippen LogP contribution in [-0.4, -0.2) is 37.2 Å². The van der Waals surface area contributed by atoms with Crippen LogP contribution in [0.15, 0.2) is 52.1 Å². The Bertz CT molecular complexity index is 1480. The SMILES string of the molecule is CC(C)Cn1c(=O)n(C)c(=O)c2c(-c3cccc(OCCO)c3)n(Cc3cc(Cl)cc(Cl)c3)nc21. The zero-order valence-corrected chi connectivity index (χ0v) is 21.2. The molecule has 4 rings (SSSR count). The van der Waals surface area contributed by atoms with Gasteiger partial charge in [0.2, 0.25) is 0 Å². The summed E-state index contributed by atoms with van der Waals surface area (Å²) in [6, 6.07) is 12.4. The predicted octanol–water partition coefficient (Wildman–Crippen LogP) is 3.95. The minimum atomic E-state index is -0.433. The standard InChI is InChI=1S/C25H26Cl2N4O4/c1-15(2)13-30-23-21(24(33)29(3)25(30)34)22(17-5-4-6-20(11-17)35-8-7-32)31(28-23)14-16-9-18(26)12-19(27)10-16/h4-6,9-12,15,32H,7-8,13-14H2,1-3H3. The second kappa shape index (κ2) is 10.3. The molecule has 0 aliphatic heterocycles. The van der Waals surface area contributed by atoms with Gasteiger partial charge in [-0.25, -0.2) is 4.79 Å². The van der Waals surface area contributed by atoms with Gasteiger partial charge in [-0.2, -0.15) is 5.10 Å². The number of benzene rings is 2. The number of rotatable bonds is 8. The summed E-state index contributed by atoms with van der Waals surface area (Å²) in [5.41, 5.74) is 1.48. The highest BCUT2D eigenvalue weighted by Crippen LogP contribution is 2.30. The Balaban J connectivity index is 2.03. The molecule has 35 heavy (non-hydrogen) atoms. The number of hydrogen-bond acceptors (Lipinski definition) is 5. The molecule has 10 heteroatoms. The molecule has 0 amide bonds. The molecule has 2 aromatic heterocycles. The van der Waals surface area contributed by atoms with E-state index in [1.54, 1.807) is 45.6 Å². The number of ether oxygens (including phenoxy) is 1. The van der Waals surface area contributed by atoms with Crippen molar-refractivity contribution >= 4 is 34.2 Å². The normalized spacial score (nSPS) is 11.5. The van der Waals surface area contributed by atoms with Crippen molar-refractivity contribution in [2.45, 2.75) is 26.9 Å². The van der Waals surface area contributed by atoms with Crippen molar-refractivity contribution in [2.24, 2.45) is 13.0 Å². The molecule has 0 unspecified atom stereocenters. The minimum Gasteiger partial charge on any atom is -0.491 e. The largest absolute Gasteiger partial charge is 0.491 e. The minimum absolute atomic E-state index is 0.122. The summed E-state index contributed by atoms with van der Waals surface area (Å²) in [6.07, 6.45) is 0. The molecule has 0 saturated heterocycles. The van der Waals surface area contributed by atoms with Gasteiger partial charge >= 0.3 is 5.69 Å². The highest BCUT2D eigenvalue weighted by molar-refractivity contribution is 6.34. The lowest BCUT2D eigenvalue weighted by atomic mass is 10.1. The summed E-state index contributed by atoms with van der Waals surface area (Å²) in [7, 11) is 1.47. The zero-order chi connectivity index (χ0) is 25.3.